The number of aliphatic hydroxyl groups excluding tert-OH is 1. The fourth-order valence-electron chi connectivity index (χ4n) is 4.19. The summed E-state index contributed by atoms with van der Waals surface area (Å²) < 4.78 is 11.2. The van der Waals surface area contributed by atoms with E-state index in [1.807, 2.05) is 33.4 Å². The third-order valence-corrected chi connectivity index (χ3v) is 5.81. The van der Waals surface area contributed by atoms with Crippen molar-refractivity contribution in [2.45, 2.75) is 44.8 Å². The molecule has 0 saturated heterocycles. The lowest BCUT2D eigenvalue weighted by atomic mass is 10.3. The highest BCUT2D eigenvalue weighted by Gasteiger charge is 2.29. The Hall–Kier alpha value is -3.13. The third-order valence-electron chi connectivity index (χ3n) is 5.81. The fourth-order valence-corrected chi connectivity index (χ4v) is 4.19. The van der Waals surface area contributed by atoms with Crippen LogP contribution in [0, 0.1) is 0 Å². The number of aliphatic hydroxyl groups is 1. The zero-order valence-corrected chi connectivity index (χ0v) is 17.0. The number of nitrogens with zero attached hydrogens (tertiary/aromatic N) is 5. The molecule has 4 heterocycles. The number of rotatable bonds is 8. The van der Waals surface area contributed by atoms with E-state index in [0.717, 1.165) is 60.0 Å². The molecule has 0 atom stereocenters. The van der Waals surface area contributed by atoms with Gasteiger partial charge in [0.05, 0.1) is 41.9 Å². The van der Waals surface area contributed by atoms with Crippen LogP contribution in [0.2, 0.25) is 0 Å². The largest absolute Gasteiger partial charge is 0.481 e. The van der Waals surface area contributed by atoms with E-state index in [2.05, 4.69) is 14.5 Å². The lowest BCUT2D eigenvalue weighted by Gasteiger charge is -2.11. The van der Waals surface area contributed by atoms with Gasteiger partial charge < -0.3 is 14.4 Å². The Labute approximate surface area is 173 Å². The number of hydrogen-bond acceptors (Lipinski definition) is 5. The molecule has 30 heavy (non-hydrogen) atoms. The summed E-state index contributed by atoms with van der Waals surface area (Å²) in [4.78, 5) is 22.1. The SMILES string of the molecule is COc1ccc2c(cc(Cn3c(=O)n(C4CC4)c4ccncc43)n2CCCCO)n1. The molecular formula is C22H25N5O3. The first kappa shape index (κ1) is 18.9. The van der Waals surface area contributed by atoms with Gasteiger partial charge in [-0.2, -0.15) is 0 Å². The van der Waals surface area contributed by atoms with Crippen molar-refractivity contribution in [3.63, 3.8) is 0 Å². The van der Waals surface area contributed by atoms with Gasteiger partial charge in [0.25, 0.3) is 0 Å². The van der Waals surface area contributed by atoms with Gasteiger partial charge >= 0.3 is 5.69 Å². The minimum Gasteiger partial charge on any atom is -0.481 e. The molecule has 5 rings (SSSR count). The first-order chi connectivity index (χ1) is 14.7. The van der Waals surface area contributed by atoms with Crippen LogP contribution in [0.5, 0.6) is 5.88 Å². The summed E-state index contributed by atoms with van der Waals surface area (Å²) in [6, 6.07) is 8.10. The highest BCUT2D eigenvalue weighted by Crippen LogP contribution is 2.36. The van der Waals surface area contributed by atoms with E-state index in [1.54, 1.807) is 19.5 Å². The number of imidazole rings is 1. The van der Waals surface area contributed by atoms with Crippen molar-refractivity contribution in [2.75, 3.05) is 13.7 Å². The highest BCUT2D eigenvalue weighted by atomic mass is 16.5. The van der Waals surface area contributed by atoms with Crippen molar-refractivity contribution in [3.05, 3.63) is 52.8 Å². The average Bonchev–Trinajstić information content (AvgIpc) is 3.49. The predicted molar refractivity (Wildman–Crippen MR) is 114 cm³/mol. The van der Waals surface area contributed by atoms with Crippen molar-refractivity contribution in [1.29, 1.82) is 0 Å². The molecule has 0 radical (unpaired) electrons. The Balaban J connectivity index is 1.62. The molecule has 1 fully saturated rings. The average molecular weight is 407 g/mol. The Morgan fingerprint density at radius 3 is 2.77 bits per heavy atom. The highest BCUT2D eigenvalue weighted by molar-refractivity contribution is 5.78. The second-order valence-electron chi connectivity index (χ2n) is 7.81. The van der Waals surface area contributed by atoms with Gasteiger partial charge in [-0.3, -0.25) is 14.1 Å². The normalized spacial score (nSPS) is 14.1. The summed E-state index contributed by atoms with van der Waals surface area (Å²) in [5.74, 6) is 0.563. The van der Waals surface area contributed by atoms with E-state index in [4.69, 9.17) is 4.74 Å². The molecule has 4 aromatic rings. The fraction of sp³-hybridized carbons (Fsp3) is 0.409. The van der Waals surface area contributed by atoms with Crippen molar-refractivity contribution in [3.8, 4) is 5.88 Å². The molecule has 156 valence electrons. The van der Waals surface area contributed by atoms with E-state index in [-0.39, 0.29) is 12.3 Å². The zero-order valence-electron chi connectivity index (χ0n) is 17.0. The molecule has 0 unspecified atom stereocenters. The molecule has 0 amide bonds. The van der Waals surface area contributed by atoms with Gasteiger partial charge in [-0.25, -0.2) is 9.78 Å². The molecule has 1 saturated carbocycles. The van der Waals surface area contributed by atoms with Crippen LogP contribution in [-0.2, 0) is 13.1 Å². The summed E-state index contributed by atoms with van der Waals surface area (Å²) in [6.45, 7) is 1.36. The summed E-state index contributed by atoms with van der Waals surface area (Å²) in [6.07, 6.45) is 7.19. The maximum atomic E-state index is 13.3. The van der Waals surface area contributed by atoms with Crippen LogP contribution in [0.25, 0.3) is 22.1 Å². The van der Waals surface area contributed by atoms with Crippen LogP contribution in [0.3, 0.4) is 0 Å². The molecule has 0 aromatic carbocycles. The standard InChI is InChI=1S/C22H25N5O3/c1-30-21-7-6-18-17(24-21)12-16(25(18)10-2-3-11-28)14-26-20-13-23-9-8-19(20)27(22(26)29)15-4-5-15/h6-9,12-13,15,28H,2-5,10-11,14H2,1H3. The molecule has 8 nitrogen and oxygen atoms in total. The van der Waals surface area contributed by atoms with Crippen LogP contribution in [-0.4, -0.2) is 42.5 Å². The van der Waals surface area contributed by atoms with Crippen LogP contribution >= 0.6 is 0 Å². The molecule has 0 spiro atoms. The summed E-state index contributed by atoms with van der Waals surface area (Å²) in [5.41, 5.74) is 4.65. The summed E-state index contributed by atoms with van der Waals surface area (Å²) in [7, 11) is 1.60. The minimum absolute atomic E-state index is 0.0122. The van der Waals surface area contributed by atoms with Crippen LogP contribution < -0.4 is 10.4 Å². The van der Waals surface area contributed by atoms with Crippen LogP contribution in [0.4, 0.5) is 0 Å². The number of fused-ring (bicyclic) bond motifs is 2. The summed E-state index contributed by atoms with van der Waals surface area (Å²) >= 11 is 0. The van der Waals surface area contributed by atoms with Crippen molar-refractivity contribution >= 4 is 22.1 Å². The number of methoxy groups -OCH3 is 1. The van der Waals surface area contributed by atoms with Crippen molar-refractivity contribution in [2.24, 2.45) is 0 Å². The Morgan fingerprint density at radius 1 is 1.13 bits per heavy atom. The molecule has 1 aliphatic rings. The number of pyridine rings is 2. The Morgan fingerprint density at radius 2 is 2.00 bits per heavy atom. The minimum atomic E-state index is 0.0122. The zero-order chi connectivity index (χ0) is 20.7. The Kier molecular flexibility index (Phi) is 4.78. The van der Waals surface area contributed by atoms with Gasteiger partial charge in [-0.05, 0) is 43.9 Å². The van der Waals surface area contributed by atoms with Crippen molar-refractivity contribution in [1.82, 2.24) is 23.7 Å². The van der Waals surface area contributed by atoms with Crippen LogP contribution in [0.1, 0.15) is 37.4 Å². The van der Waals surface area contributed by atoms with Crippen LogP contribution in [0.15, 0.2) is 41.5 Å². The molecule has 0 aliphatic heterocycles. The van der Waals surface area contributed by atoms with E-state index in [1.165, 1.54) is 0 Å². The molecule has 0 bridgehead atoms. The van der Waals surface area contributed by atoms with Gasteiger partial charge in [0.2, 0.25) is 5.88 Å². The first-order valence-electron chi connectivity index (χ1n) is 10.4. The monoisotopic (exact) mass is 407 g/mol. The predicted octanol–water partition coefficient (Wildman–Crippen LogP) is 2.71. The second kappa shape index (κ2) is 7.60. The van der Waals surface area contributed by atoms with E-state index in [9.17, 15) is 9.90 Å². The summed E-state index contributed by atoms with van der Waals surface area (Å²) in [5, 5.41) is 9.20. The second-order valence-corrected chi connectivity index (χ2v) is 7.81. The van der Waals surface area contributed by atoms with Crippen molar-refractivity contribution < 1.29 is 9.84 Å². The number of aromatic nitrogens is 5. The molecular weight excluding hydrogens is 382 g/mol. The lowest BCUT2D eigenvalue weighted by molar-refractivity contribution is 0.281. The van der Waals surface area contributed by atoms with E-state index in [0.29, 0.717) is 18.5 Å². The smallest absolute Gasteiger partial charge is 0.329 e. The van der Waals surface area contributed by atoms with Gasteiger partial charge in [0, 0.05) is 37.2 Å². The number of ether oxygens (including phenoxy) is 1. The first-order valence-corrected chi connectivity index (χ1v) is 10.4. The van der Waals surface area contributed by atoms with Gasteiger partial charge in [-0.1, -0.05) is 0 Å². The quantitative estimate of drug-likeness (QED) is 0.454. The molecule has 1 N–H and O–H groups in total. The molecule has 4 aromatic heterocycles. The molecule has 8 heteroatoms. The van der Waals surface area contributed by atoms with Gasteiger partial charge in [0.1, 0.15) is 0 Å². The number of hydrogen-bond donors (Lipinski definition) is 1. The third kappa shape index (κ3) is 3.17. The topological polar surface area (TPSA) is 87.1 Å². The maximum absolute atomic E-state index is 13.3. The molecule has 1 aliphatic carbocycles. The number of unbranched alkanes of at least 4 members (excludes halogenated alkanes) is 1. The Bertz CT molecular complexity index is 1270. The van der Waals surface area contributed by atoms with E-state index >= 15 is 0 Å². The lowest BCUT2D eigenvalue weighted by Crippen LogP contribution is -2.25. The maximum Gasteiger partial charge on any atom is 0.329 e. The number of aryl methyl sites for hydroxylation is 1. The van der Waals surface area contributed by atoms with Gasteiger partial charge in [0.15, 0.2) is 0 Å². The van der Waals surface area contributed by atoms with E-state index < -0.39 is 0 Å². The van der Waals surface area contributed by atoms with Gasteiger partial charge in [-0.15, -0.1) is 0 Å².